The minimum absolute atomic E-state index is 0.717. The van der Waals surface area contributed by atoms with E-state index in [0.29, 0.717) is 0 Å². The summed E-state index contributed by atoms with van der Waals surface area (Å²) in [6.07, 6.45) is 3.92. The van der Waals surface area contributed by atoms with Crippen LogP contribution in [0.3, 0.4) is 0 Å². The smallest absolute Gasteiger partial charge is 0.0617 e. The summed E-state index contributed by atoms with van der Waals surface area (Å²) in [4.78, 5) is 0. The number of fused-ring (bicyclic) bond motifs is 1. The Morgan fingerprint density at radius 3 is 1.48 bits per heavy atom. The Morgan fingerprint density at radius 2 is 0.925 bits per heavy atom. The summed E-state index contributed by atoms with van der Waals surface area (Å²) < 4.78 is 0. The zero-order valence-corrected chi connectivity index (χ0v) is 22.3. The highest BCUT2D eigenvalue weighted by Crippen LogP contribution is 2.43. The topological polar surface area (TPSA) is 38.0 Å². The van der Waals surface area contributed by atoms with Crippen LogP contribution in [0, 0.1) is 0 Å². The minimum Gasteiger partial charge on any atom is -0.397 e. The van der Waals surface area contributed by atoms with Crippen molar-refractivity contribution in [2.75, 3.05) is 11.1 Å². The van der Waals surface area contributed by atoms with Gasteiger partial charge in [0.1, 0.15) is 0 Å². The number of hydrogen-bond donors (Lipinski definition) is 2. The number of nitrogens with two attached hydrogens (primary N) is 1. The molecule has 40 heavy (non-hydrogen) atoms. The number of hydrogen-bond acceptors (Lipinski definition) is 2. The largest absolute Gasteiger partial charge is 0.397 e. The van der Waals surface area contributed by atoms with Crippen LogP contribution in [0.25, 0.3) is 56.3 Å². The average Bonchev–Trinajstić information content (AvgIpc) is 3.02. The number of rotatable bonds is 7. The van der Waals surface area contributed by atoms with E-state index in [1.165, 1.54) is 27.5 Å². The molecule has 0 heterocycles. The lowest BCUT2D eigenvalue weighted by Gasteiger charge is -2.20. The molecule has 0 saturated carbocycles. The molecule has 0 unspecified atom stereocenters. The molecule has 0 aliphatic carbocycles. The van der Waals surface area contributed by atoms with Crippen molar-refractivity contribution >= 4 is 40.0 Å². The molecule has 0 aliphatic rings. The number of nitrogen functional groups attached to an aromatic ring is 1. The summed E-state index contributed by atoms with van der Waals surface area (Å²) in [6, 6.07) is 44.1. The van der Waals surface area contributed by atoms with Gasteiger partial charge in [-0.25, -0.2) is 0 Å². The van der Waals surface area contributed by atoms with E-state index in [1.807, 2.05) is 42.5 Å². The van der Waals surface area contributed by atoms with Gasteiger partial charge in [-0.1, -0.05) is 128 Å². The van der Waals surface area contributed by atoms with Crippen molar-refractivity contribution in [3.63, 3.8) is 0 Å². The molecule has 0 bridgehead atoms. The van der Waals surface area contributed by atoms with E-state index >= 15 is 0 Å². The van der Waals surface area contributed by atoms with Gasteiger partial charge in [-0.05, 0) is 79.5 Å². The fraction of sp³-hybridized carbons (Fsp3) is 0. The summed E-state index contributed by atoms with van der Waals surface area (Å²) in [5.74, 6) is 0. The van der Waals surface area contributed by atoms with Crippen molar-refractivity contribution in [3.8, 4) is 33.4 Å². The van der Waals surface area contributed by atoms with Crippen LogP contribution in [0.15, 0.2) is 141 Å². The van der Waals surface area contributed by atoms with Gasteiger partial charge in [-0.2, -0.15) is 0 Å². The Balaban J connectivity index is 1.48. The SMILES string of the molecule is C=Cc1c(C=C)c(-c2ccc(-c3ccccc3)cc2)c2ccccc2c1-c1ccc(Nc2ccccc2N)cc1. The van der Waals surface area contributed by atoms with Crippen LogP contribution < -0.4 is 11.1 Å². The first-order valence-electron chi connectivity index (χ1n) is 13.4. The maximum Gasteiger partial charge on any atom is 0.0617 e. The third-order valence-corrected chi connectivity index (χ3v) is 7.40. The van der Waals surface area contributed by atoms with Crippen LogP contribution in [0.5, 0.6) is 0 Å². The van der Waals surface area contributed by atoms with E-state index in [4.69, 9.17) is 5.73 Å². The zero-order chi connectivity index (χ0) is 27.5. The Hall–Kier alpha value is -5.34. The number of para-hydroxylation sites is 2. The maximum atomic E-state index is 6.14. The second-order valence-electron chi connectivity index (χ2n) is 9.76. The van der Waals surface area contributed by atoms with Gasteiger partial charge < -0.3 is 11.1 Å². The van der Waals surface area contributed by atoms with E-state index in [-0.39, 0.29) is 0 Å². The zero-order valence-electron chi connectivity index (χ0n) is 22.3. The second kappa shape index (κ2) is 10.8. The molecule has 2 nitrogen and oxygen atoms in total. The molecule has 6 rings (SSSR count). The molecule has 0 aromatic heterocycles. The lowest BCUT2D eigenvalue weighted by atomic mass is 9.83. The van der Waals surface area contributed by atoms with Gasteiger partial charge in [0.25, 0.3) is 0 Å². The van der Waals surface area contributed by atoms with Gasteiger partial charge in [0.2, 0.25) is 0 Å². The van der Waals surface area contributed by atoms with Crippen molar-refractivity contribution < 1.29 is 0 Å². The molecule has 0 fully saturated rings. The van der Waals surface area contributed by atoms with Crippen LogP contribution >= 0.6 is 0 Å². The van der Waals surface area contributed by atoms with E-state index in [1.54, 1.807) is 0 Å². The van der Waals surface area contributed by atoms with E-state index in [0.717, 1.165) is 44.9 Å². The normalized spacial score (nSPS) is 10.8. The number of benzene rings is 6. The first kappa shape index (κ1) is 25.0. The molecule has 0 aliphatic heterocycles. The van der Waals surface area contributed by atoms with Crippen molar-refractivity contribution in [3.05, 3.63) is 152 Å². The van der Waals surface area contributed by atoms with E-state index in [2.05, 4.69) is 116 Å². The quantitative estimate of drug-likeness (QED) is 0.208. The molecule has 0 atom stereocenters. The van der Waals surface area contributed by atoms with E-state index < -0.39 is 0 Å². The molecule has 6 aromatic rings. The van der Waals surface area contributed by atoms with Crippen molar-refractivity contribution in [2.24, 2.45) is 0 Å². The molecular formula is C38H30N2. The second-order valence-corrected chi connectivity index (χ2v) is 9.76. The Bertz CT molecular complexity index is 1830. The van der Waals surface area contributed by atoms with Crippen molar-refractivity contribution in [1.29, 1.82) is 0 Å². The summed E-state index contributed by atoms with van der Waals surface area (Å²) >= 11 is 0. The first-order chi connectivity index (χ1) is 19.7. The van der Waals surface area contributed by atoms with Crippen LogP contribution in [-0.2, 0) is 0 Å². The monoisotopic (exact) mass is 514 g/mol. The standard InChI is InChI=1S/C38H30N2/c1-3-31-32(4-2)38(29-22-24-30(25-23-29)40-36-17-11-10-16-35(36)39)34-15-9-8-14-33(34)37(31)28-20-18-27(19-21-28)26-12-6-5-7-13-26/h3-25,40H,1-2,39H2. The summed E-state index contributed by atoms with van der Waals surface area (Å²) in [7, 11) is 0. The Morgan fingerprint density at radius 1 is 0.475 bits per heavy atom. The molecule has 192 valence electrons. The first-order valence-corrected chi connectivity index (χ1v) is 13.4. The molecule has 0 saturated heterocycles. The Labute approximate surface area is 235 Å². The van der Waals surface area contributed by atoms with Crippen LogP contribution in [0.4, 0.5) is 17.1 Å². The average molecular weight is 515 g/mol. The van der Waals surface area contributed by atoms with Gasteiger partial charge in [-0.3, -0.25) is 0 Å². The minimum atomic E-state index is 0.717. The molecule has 0 radical (unpaired) electrons. The fourth-order valence-corrected chi connectivity index (χ4v) is 5.47. The van der Waals surface area contributed by atoms with Gasteiger partial charge in [0.05, 0.1) is 11.4 Å². The van der Waals surface area contributed by atoms with Gasteiger partial charge >= 0.3 is 0 Å². The van der Waals surface area contributed by atoms with Gasteiger partial charge in [0.15, 0.2) is 0 Å². The Kier molecular flexibility index (Phi) is 6.74. The molecule has 0 spiro atoms. The predicted molar refractivity (Wildman–Crippen MR) is 175 cm³/mol. The van der Waals surface area contributed by atoms with Gasteiger partial charge in [0, 0.05) is 5.69 Å². The molecule has 0 amide bonds. The third-order valence-electron chi connectivity index (χ3n) is 7.40. The number of anilines is 3. The van der Waals surface area contributed by atoms with E-state index in [9.17, 15) is 0 Å². The number of nitrogens with one attached hydrogen (secondary N) is 1. The molecule has 2 heteroatoms. The lowest BCUT2D eigenvalue weighted by molar-refractivity contribution is 1.53. The summed E-state index contributed by atoms with van der Waals surface area (Å²) in [5.41, 5.74) is 17.9. The van der Waals surface area contributed by atoms with Crippen LogP contribution in [0.2, 0.25) is 0 Å². The fourth-order valence-electron chi connectivity index (χ4n) is 5.47. The van der Waals surface area contributed by atoms with Crippen molar-refractivity contribution in [1.82, 2.24) is 0 Å². The molecular weight excluding hydrogens is 484 g/mol. The van der Waals surface area contributed by atoms with Gasteiger partial charge in [-0.15, -0.1) is 0 Å². The molecule has 3 N–H and O–H groups in total. The molecule has 6 aromatic carbocycles. The maximum absolute atomic E-state index is 6.14. The van der Waals surface area contributed by atoms with Crippen LogP contribution in [0.1, 0.15) is 11.1 Å². The highest BCUT2D eigenvalue weighted by molar-refractivity contribution is 6.11. The highest BCUT2D eigenvalue weighted by atomic mass is 14.9. The summed E-state index contributed by atoms with van der Waals surface area (Å²) in [5, 5.41) is 5.79. The highest BCUT2D eigenvalue weighted by Gasteiger charge is 2.18. The van der Waals surface area contributed by atoms with Crippen molar-refractivity contribution in [2.45, 2.75) is 0 Å². The lowest BCUT2D eigenvalue weighted by Crippen LogP contribution is -1.97. The third kappa shape index (κ3) is 4.57. The summed E-state index contributed by atoms with van der Waals surface area (Å²) in [6.45, 7) is 8.46. The van der Waals surface area contributed by atoms with Crippen LogP contribution in [-0.4, -0.2) is 0 Å². The predicted octanol–water partition coefficient (Wildman–Crippen LogP) is 10.5.